The Kier molecular flexibility index (Phi) is 10.1. The van der Waals surface area contributed by atoms with Crippen molar-refractivity contribution < 1.29 is 18.0 Å². The largest absolute Gasteiger partial charge is 0.352 e. The first-order valence-electron chi connectivity index (χ1n) is 14.0. The van der Waals surface area contributed by atoms with Crippen molar-refractivity contribution in [3.63, 3.8) is 0 Å². The minimum absolute atomic E-state index is 0.0981. The molecule has 1 fully saturated rings. The SMILES string of the molecule is CSc1ccc(S(=O)(=O)N(CC(=O)N(Cc2cccc(C)c2)[C@@H](C)C(=O)NC2CCCC2)c2ccc(C)cc2)cc1. The van der Waals surface area contributed by atoms with Crippen LogP contribution in [0.1, 0.15) is 49.3 Å². The maximum absolute atomic E-state index is 14.1. The number of hydrogen-bond acceptors (Lipinski definition) is 5. The number of carbonyl (C=O) groups is 2. The molecular formula is C32H39N3O4S2. The van der Waals surface area contributed by atoms with Crippen molar-refractivity contribution in [3.05, 3.63) is 89.5 Å². The summed E-state index contributed by atoms with van der Waals surface area (Å²) in [5.74, 6) is -0.680. The minimum Gasteiger partial charge on any atom is -0.352 e. The zero-order valence-electron chi connectivity index (χ0n) is 24.2. The molecule has 2 amide bonds. The molecule has 3 aromatic rings. The van der Waals surface area contributed by atoms with Crippen LogP contribution in [0.4, 0.5) is 5.69 Å². The molecule has 0 radical (unpaired) electrons. The lowest BCUT2D eigenvalue weighted by molar-refractivity contribution is -0.139. The van der Waals surface area contributed by atoms with Crippen LogP contribution in [0.5, 0.6) is 0 Å². The summed E-state index contributed by atoms with van der Waals surface area (Å²) >= 11 is 1.52. The van der Waals surface area contributed by atoms with Gasteiger partial charge in [0.2, 0.25) is 11.8 Å². The molecule has 3 aromatic carbocycles. The Balaban J connectivity index is 1.68. The summed E-state index contributed by atoms with van der Waals surface area (Å²) in [6.07, 6.45) is 5.94. The maximum Gasteiger partial charge on any atom is 0.264 e. The van der Waals surface area contributed by atoms with Gasteiger partial charge in [-0.05, 0) is 81.8 Å². The molecule has 0 bridgehead atoms. The molecule has 1 N–H and O–H groups in total. The fraction of sp³-hybridized carbons (Fsp3) is 0.375. The Bertz CT molecular complexity index is 1450. The van der Waals surface area contributed by atoms with E-state index in [0.717, 1.165) is 51.6 Å². The number of aryl methyl sites for hydroxylation is 2. The molecule has 218 valence electrons. The quantitative estimate of drug-likeness (QED) is 0.289. The van der Waals surface area contributed by atoms with Gasteiger partial charge in [-0.3, -0.25) is 13.9 Å². The number of sulfonamides is 1. The summed E-state index contributed by atoms with van der Waals surface area (Å²) in [6.45, 7) is 5.35. The summed E-state index contributed by atoms with van der Waals surface area (Å²) in [5.41, 5.74) is 3.27. The summed E-state index contributed by atoms with van der Waals surface area (Å²) < 4.78 is 29.1. The number of anilines is 1. The normalized spacial score (nSPS) is 14.4. The van der Waals surface area contributed by atoms with Gasteiger partial charge in [0.25, 0.3) is 10.0 Å². The van der Waals surface area contributed by atoms with Gasteiger partial charge in [0.15, 0.2) is 0 Å². The van der Waals surface area contributed by atoms with Gasteiger partial charge < -0.3 is 10.2 Å². The van der Waals surface area contributed by atoms with Gasteiger partial charge in [0, 0.05) is 17.5 Å². The van der Waals surface area contributed by atoms with E-state index in [1.54, 1.807) is 43.3 Å². The Hall–Kier alpha value is -3.30. The first-order chi connectivity index (χ1) is 19.6. The van der Waals surface area contributed by atoms with Crippen LogP contribution >= 0.6 is 11.8 Å². The van der Waals surface area contributed by atoms with Gasteiger partial charge in [-0.15, -0.1) is 11.8 Å². The molecule has 9 heteroatoms. The average molecular weight is 594 g/mol. The molecule has 1 atom stereocenters. The maximum atomic E-state index is 14.1. The van der Waals surface area contributed by atoms with E-state index in [9.17, 15) is 18.0 Å². The van der Waals surface area contributed by atoms with E-state index < -0.39 is 28.5 Å². The van der Waals surface area contributed by atoms with E-state index >= 15 is 0 Å². The molecule has 1 aliphatic rings. The Morgan fingerprint density at radius 1 is 0.951 bits per heavy atom. The van der Waals surface area contributed by atoms with E-state index in [1.165, 1.54) is 16.7 Å². The third-order valence-electron chi connectivity index (χ3n) is 7.55. The molecule has 1 aliphatic carbocycles. The molecule has 7 nitrogen and oxygen atoms in total. The lowest BCUT2D eigenvalue weighted by Crippen LogP contribution is -2.52. The molecule has 0 heterocycles. The van der Waals surface area contributed by atoms with Crippen molar-refractivity contribution in [3.8, 4) is 0 Å². The van der Waals surface area contributed by atoms with Crippen LogP contribution in [0.25, 0.3) is 0 Å². The van der Waals surface area contributed by atoms with Gasteiger partial charge in [-0.25, -0.2) is 8.42 Å². The smallest absolute Gasteiger partial charge is 0.264 e. The molecule has 0 unspecified atom stereocenters. The molecular weight excluding hydrogens is 555 g/mol. The predicted molar refractivity (Wildman–Crippen MR) is 166 cm³/mol. The second-order valence-electron chi connectivity index (χ2n) is 10.7. The molecule has 0 aliphatic heterocycles. The predicted octanol–water partition coefficient (Wildman–Crippen LogP) is 5.70. The van der Waals surface area contributed by atoms with Gasteiger partial charge in [0.1, 0.15) is 12.6 Å². The van der Waals surface area contributed by atoms with Crippen molar-refractivity contribution in [2.45, 2.75) is 74.9 Å². The van der Waals surface area contributed by atoms with Crippen molar-refractivity contribution in [1.82, 2.24) is 10.2 Å². The van der Waals surface area contributed by atoms with E-state index in [-0.39, 0.29) is 23.4 Å². The summed E-state index contributed by atoms with van der Waals surface area (Å²) in [5, 5.41) is 3.10. The lowest BCUT2D eigenvalue weighted by Gasteiger charge is -2.32. The van der Waals surface area contributed by atoms with Crippen LogP contribution in [0, 0.1) is 13.8 Å². The van der Waals surface area contributed by atoms with Gasteiger partial charge in [0.05, 0.1) is 10.6 Å². The second-order valence-corrected chi connectivity index (χ2v) is 13.4. The zero-order chi connectivity index (χ0) is 29.6. The number of rotatable bonds is 11. The average Bonchev–Trinajstić information content (AvgIpc) is 3.48. The van der Waals surface area contributed by atoms with Gasteiger partial charge in [-0.2, -0.15) is 0 Å². The Morgan fingerprint density at radius 3 is 2.22 bits per heavy atom. The number of amides is 2. The summed E-state index contributed by atoms with van der Waals surface area (Å²) in [6, 6.07) is 20.8. The molecule has 41 heavy (non-hydrogen) atoms. The van der Waals surface area contributed by atoms with Crippen molar-refractivity contribution in [2.75, 3.05) is 17.1 Å². The molecule has 0 aromatic heterocycles. The Labute approximate surface area is 248 Å². The first-order valence-corrected chi connectivity index (χ1v) is 16.6. The minimum atomic E-state index is -4.09. The van der Waals surface area contributed by atoms with E-state index in [1.807, 2.05) is 56.5 Å². The number of nitrogens with one attached hydrogen (secondary N) is 1. The fourth-order valence-corrected chi connectivity index (χ4v) is 6.92. The number of thioether (sulfide) groups is 1. The van der Waals surface area contributed by atoms with E-state index in [0.29, 0.717) is 5.69 Å². The Morgan fingerprint density at radius 2 is 1.61 bits per heavy atom. The van der Waals surface area contributed by atoms with Crippen LogP contribution in [0.2, 0.25) is 0 Å². The molecule has 1 saturated carbocycles. The van der Waals surface area contributed by atoms with Crippen molar-refractivity contribution >= 4 is 39.3 Å². The number of nitrogens with zero attached hydrogens (tertiary/aromatic N) is 2. The molecule has 4 rings (SSSR count). The zero-order valence-corrected chi connectivity index (χ0v) is 25.8. The lowest BCUT2D eigenvalue weighted by atomic mass is 10.1. The van der Waals surface area contributed by atoms with Crippen LogP contribution in [0.15, 0.2) is 82.6 Å². The van der Waals surface area contributed by atoms with Crippen molar-refractivity contribution in [1.29, 1.82) is 0 Å². The summed E-state index contributed by atoms with van der Waals surface area (Å²) in [4.78, 5) is 29.9. The summed E-state index contributed by atoms with van der Waals surface area (Å²) in [7, 11) is -4.09. The van der Waals surface area contributed by atoms with Crippen LogP contribution in [-0.4, -0.2) is 50.0 Å². The highest BCUT2D eigenvalue weighted by Gasteiger charge is 2.33. The van der Waals surface area contributed by atoms with E-state index in [2.05, 4.69) is 5.32 Å². The topological polar surface area (TPSA) is 86.8 Å². The number of hydrogen-bond donors (Lipinski definition) is 1. The number of carbonyl (C=O) groups excluding carboxylic acids is 2. The third-order valence-corrected chi connectivity index (χ3v) is 10.1. The molecule has 0 spiro atoms. The molecule has 0 saturated heterocycles. The number of benzene rings is 3. The van der Waals surface area contributed by atoms with Crippen molar-refractivity contribution in [2.24, 2.45) is 0 Å². The highest BCUT2D eigenvalue weighted by molar-refractivity contribution is 7.98. The highest BCUT2D eigenvalue weighted by atomic mass is 32.2. The highest BCUT2D eigenvalue weighted by Crippen LogP contribution is 2.27. The second kappa shape index (κ2) is 13.6. The standard InChI is InChI=1S/C32H39N3O4S2/c1-23-12-14-28(15-13-23)35(41(38,39)30-18-16-29(40-4)17-19-30)22-31(36)34(21-26-9-7-8-24(2)20-26)25(3)32(37)33-27-10-5-6-11-27/h7-9,12-20,25,27H,5-6,10-11,21-22H2,1-4H3,(H,33,37)/t25-/m0/s1. The fourth-order valence-electron chi connectivity index (χ4n) is 5.10. The van der Waals surface area contributed by atoms with Crippen LogP contribution in [0.3, 0.4) is 0 Å². The van der Waals surface area contributed by atoms with Gasteiger partial charge >= 0.3 is 0 Å². The van der Waals surface area contributed by atoms with Gasteiger partial charge in [-0.1, -0.05) is 60.4 Å². The van der Waals surface area contributed by atoms with E-state index in [4.69, 9.17) is 0 Å². The monoisotopic (exact) mass is 593 g/mol. The van der Waals surface area contributed by atoms with Crippen LogP contribution < -0.4 is 9.62 Å². The van der Waals surface area contributed by atoms with Crippen LogP contribution in [-0.2, 0) is 26.2 Å². The first kappa shape index (κ1) is 30.7. The third kappa shape index (κ3) is 7.71.